The first-order valence-electron chi connectivity index (χ1n) is 7.65. The molecule has 8 heteroatoms. The molecule has 0 aromatic carbocycles. The number of nitrogens with zero attached hydrogens (tertiary/aromatic N) is 3. The van der Waals surface area contributed by atoms with Gasteiger partial charge in [-0.2, -0.15) is 5.10 Å². The Morgan fingerprint density at radius 3 is 2.91 bits per heavy atom. The van der Waals surface area contributed by atoms with E-state index in [1.807, 2.05) is 28.3 Å². The number of aryl methyl sites for hydroxylation is 1. The highest BCUT2D eigenvalue weighted by Crippen LogP contribution is 2.26. The summed E-state index contributed by atoms with van der Waals surface area (Å²) in [6.45, 7) is 5.26. The normalized spacial score (nSPS) is 19.0. The summed E-state index contributed by atoms with van der Waals surface area (Å²) in [5.74, 6) is 0. The molecule has 0 aliphatic carbocycles. The second kappa shape index (κ2) is 6.72. The molecular formula is C15H22N4O2S2. The van der Waals surface area contributed by atoms with Crippen molar-refractivity contribution in [3.05, 3.63) is 39.8 Å². The quantitative estimate of drug-likeness (QED) is 0.858. The van der Waals surface area contributed by atoms with Gasteiger partial charge in [-0.25, -0.2) is 13.1 Å². The number of fused-ring (bicyclic) bond motifs is 1. The number of rotatable bonds is 6. The first kappa shape index (κ1) is 16.6. The maximum atomic E-state index is 11.2. The molecule has 0 amide bonds. The van der Waals surface area contributed by atoms with Crippen LogP contribution >= 0.6 is 11.3 Å². The minimum atomic E-state index is -3.14. The van der Waals surface area contributed by atoms with E-state index in [2.05, 4.69) is 33.8 Å². The van der Waals surface area contributed by atoms with Crippen molar-refractivity contribution in [3.63, 3.8) is 0 Å². The predicted molar refractivity (Wildman–Crippen MR) is 91.9 cm³/mol. The van der Waals surface area contributed by atoms with Crippen LogP contribution in [0.1, 0.15) is 27.9 Å². The molecule has 0 unspecified atom stereocenters. The molecule has 0 spiro atoms. The van der Waals surface area contributed by atoms with Crippen LogP contribution in [-0.2, 0) is 23.1 Å². The van der Waals surface area contributed by atoms with Gasteiger partial charge in [-0.15, -0.1) is 11.3 Å². The van der Waals surface area contributed by atoms with Crippen LogP contribution in [0.4, 0.5) is 0 Å². The lowest BCUT2D eigenvalue weighted by molar-refractivity contribution is 0.163. The Kier molecular flexibility index (Phi) is 4.86. The molecule has 3 heterocycles. The van der Waals surface area contributed by atoms with Crippen molar-refractivity contribution in [3.8, 4) is 0 Å². The van der Waals surface area contributed by atoms with Crippen LogP contribution in [0.5, 0.6) is 0 Å². The van der Waals surface area contributed by atoms with Gasteiger partial charge in [0.25, 0.3) is 0 Å². The van der Waals surface area contributed by atoms with Crippen molar-refractivity contribution in [2.75, 3.05) is 19.3 Å². The smallest absolute Gasteiger partial charge is 0.208 e. The molecule has 6 nitrogen and oxygen atoms in total. The Morgan fingerprint density at radius 1 is 1.39 bits per heavy atom. The minimum Gasteiger partial charge on any atom is -0.290 e. The molecule has 0 fully saturated rings. The molecule has 3 rings (SSSR count). The topological polar surface area (TPSA) is 67.2 Å². The van der Waals surface area contributed by atoms with Crippen LogP contribution in [0, 0.1) is 6.92 Å². The summed E-state index contributed by atoms with van der Waals surface area (Å²) in [6, 6.07) is 6.58. The number of aromatic nitrogens is 2. The van der Waals surface area contributed by atoms with E-state index in [0.29, 0.717) is 6.54 Å². The van der Waals surface area contributed by atoms with Crippen LogP contribution < -0.4 is 4.72 Å². The molecule has 2 aromatic rings. The maximum Gasteiger partial charge on any atom is 0.208 e. The second-order valence-corrected chi connectivity index (χ2v) is 9.26. The maximum absolute atomic E-state index is 11.2. The number of nitrogens with one attached hydrogen (secondary N) is 1. The highest BCUT2D eigenvalue weighted by atomic mass is 32.2. The molecule has 1 N–H and O–H groups in total. The van der Waals surface area contributed by atoms with Gasteiger partial charge in [0.1, 0.15) is 0 Å². The zero-order chi connectivity index (χ0) is 16.4. The van der Waals surface area contributed by atoms with E-state index in [-0.39, 0.29) is 6.04 Å². The molecule has 23 heavy (non-hydrogen) atoms. The second-order valence-electron chi connectivity index (χ2n) is 6.06. The fourth-order valence-corrected chi connectivity index (χ4v) is 4.42. The standard InChI is InChI=1S/C15H22N4O2S2/c1-12-3-4-15(22-12)11-18-9-13-5-7-16-19(13)14(10-18)6-8-17-23(2,20)21/h3-5,7,14,17H,6,8-11H2,1-2H3/t14-/m1/s1. The summed E-state index contributed by atoms with van der Waals surface area (Å²) in [6.07, 6.45) is 3.76. The van der Waals surface area contributed by atoms with E-state index in [9.17, 15) is 8.42 Å². The predicted octanol–water partition coefficient (Wildman–Crippen LogP) is 1.75. The molecule has 1 atom stereocenters. The highest BCUT2D eigenvalue weighted by Gasteiger charge is 2.25. The van der Waals surface area contributed by atoms with Crippen molar-refractivity contribution in [1.29, 1.82) is 0 Å². The van der Waals surface area contributed by atoms with Crippen LogP contribution in [0.15, 0.2) is 24.4 Å². The first-order chi connectivity index (χ1) is 10.9. The number of thiophene rings is 1. The van der Waals surface area contributed by atoms with Crippen LogP contribution in [0.2, 0.25) is 0 Å². The Bertz CT molecular complexity index is 766. The van der Waals surface area contributed by atoms with Gasteiger partial charge in [0.15, 0.2) is 0 Å². The van der Waals surface area contributed by atoms with Gasteiger partial charge in [-0.3, -0.25) is 9.58 Å². The Hall–Kier alpha value is -1.22. The largest absolute Gasteiger partial charge is 0.290 e. The Morgan fingerprint density at radius 2 is 2.22 bits per heavy atom. The summed E-state index contributed by atoms with van der Waals surface area (Å²) in [7, 11) is -3.14. The van der Waals surface area contributed by atoms with Crippen molar-refractivity contribution in [2.24, 2.45) is 0 Å². The summed E-state index contributed by atoms with van der Waals surface area (Å²) in [5.41, 5.74) is 1.19. The first-order valence-corrected chi connectivity index (χ1v) is 10.4. The van der Waals surface area contributed by atoms with Crippen LogP contribution in [0.3, 0.4) is 0 Å². The van der Waals surface area contributed by atoms with E-state index in [0.717, 1.165) is 26.1 Å². The van der Waals surface area contributed by atoms with Crippen LogP contribution in [0.25, 0.3) is 0 Å². The van der Waals surface area contributed by atoms with Crippen molar-refractivity contribution in [2.45, 2.75) is 32.5 Å². The molecule has 126 valence electrons. The van der Waals surface area contributed by atoms with Crippen molar-refractivity contribution < 1.29 is 8.42 Å². The lowest BCUT2D eigenvalue weighted by atomic mass is 10.1. The molecule has 2 aromatic heterocycles. The lowest BCUT2D eigenvalue weighted by Gasteiger charge is -2.33. The number of sulfonamides is 1. The van der Waals surface area contributed by atoms with Gasteiger partial charge in [0.2, 0.25) is 10.0 Å². The third-order valence-corrected chi connectivity index (χ3v) is 5.68. The van der Waals surface area contributed by atoms with E-state index in [4.69, 9.17) is 0 Å². The molecule has 1 aliphatic rings. The van der Waals surface area contributed by atoms with E-state index in [1.165, 1.54) is 21.7 Å². The lowest BCUT2D eigenvalue weighted by Crippen LogP contribution is -2.38. The SMILES string of the molecule is Cc1ccc(CN2Cc3ccnn3[C@H](CCNS(C)(=O)=O)C2)s1. The van der Waals surface area contributed by atoms with Gasteiger partial charge in [0, 0.05) is 42.1 Å². The van der Waals surface area contributed by atoms with Gasteiger partial charge in [-0.05, 0) is 31.5 Å². The van der Waals surface area contributed by atoms with Crippen molar-refractivity contribution in [1.82, 2.24) is 19.4 Å². The van der Waals surface area contributed by atoms with E-state index >= 15 is 0 Å². The molecule has 0 radical (unpaired) electrons. The van der Waals surface area contributed by atoms with E-state index in [1.54, 1.807) is 0 Å². The highest BCUT2D eigenvalue weighted by molar-refractivity contribution is 7.88. The fourth-order valence-electron chi connectivity index (χ4n) is 3.00. The fraction of sp³-hybridized carbons (Fsp3) is 0.533. The van der Waals surface area contributed by atoms with Gasteiger partial charge >= 0.3 is 0 Å². The van der Waals surface area contributed by atoms with Crippen LogP contribution in [-0.4, -0.2) is 42.4 Å². The Labute approximate surface area is 141 Å². The third kappa shape index (κ3) is 4.41. The number of hydrogen-bond acceptors (Lipinski definition) is 5. The molecule has 0 bridgehead atoms. The van der Waals surface area contributed by atoms with Crippen molar-refractivity contribution >= 4 is 21.4 Å². The summed E-state index contributed by atoms with van der Waals surface area (Å²) in [4.78, 5) is 5.10. The molecule has 0 saturated carbocycles. The molecule has 0 saturated heterocycles. The monoisotopic (exact) mass is 354 g/mol. The average molecular weight is 355 g/mol. The molecule has 1 aliphatic heterocycles. The van der Waals surface area contributed by atoms with Gasteiger partial charge < -0.3 is 0 Å². The average Bonchev–Trinajstić information content (AvgIpc) is 3.06. The molecular weight excluding hydrogens is 332 g/mol. The van der Waals surface area contributed by atoms with Gasteiger partial charge in [-0.1, -0.05) is 0 Å². The summed E-state index contributed by atoms with van der Waals surface area (Å²) in [5, 5.41) is 4.41. The van der Waals surface area contributed by atoms with E-state index < -0.39 is 10.0 Å². The zero-order valence-corrected chi connectivity index (χ0v) is 15.0. The number of hydrogen-bond donors (Lipinski definition) is 1. The minimum absolute atomic E-state index is 0.198. The summed E-state index contributed by atoms with van der Waals surface area (Å²) >= 11 is 1.83. The third-order valence-electron chi connectivity index (χ3n) is 3.97. The zero-order valence-electron chi connectivity index (χ0n) is 13.4. The van der Waals surface area contributed by atoms with Gasteiger partial charge in [0.05, 0.1) is 18.0 Å². The Balaban J connectivity index is 1.67. The summed E-state index contributed by atoms with van der Waals surface area (Å²) < 4.78 is 27.1.